The van der Waals surface area contributed by atoms with Crippen LogP contribution in [0, 0.1) is 11.3 Å². The normalized spacial score (nSPS) is 11.4. The predicted octanol–water partition coefficient (Wildman–Crippen LogP) is 2.28. The first-order valence-electron chi connectivity index (χ1n) is 5.48. The van der Waals surface area contributed by atoms with Crippen LogP contribution in [0.4, 0.5) is 0 Å². The van der Waals surface area contributed by atoms with Gasteiger partial charge >= 0.3 is 5.97 Å². The minimum Gasteiger partial charge on any atom is -0.490 e. The first-order valence-corrected chi connectivity index (χ1v) is 5.48. The molecule has 0 amide bonds. The van der Waals surface area contributed by atoms with E-state index in [0.29, 0.717) is 17.9 Å². The lowest BCUT2D eigenvalue weighted by atomic mass is 10.2. The number of carbonyl (C=O) groups is 1. The monoisotopic (exact) mass is 233 g/mol. The number of esters is 1. The van der Waals surface area contributed by atoms with E-state index in [2.05, 4.69) is 0 Å². The number of nitrogens with zero attached hydrogens (tertiary/aromatic N) is 1. The summed E-state index contributed by atoms with van der Waals surface area (Å²) in [6, 6.07) is 8.79. The van der Waals surface area contributed by atoms with E-state index >= 15 is 0 Å². The van der Waals surface area contributed by atoms with Crippen LogP contribution in [0.3, 0.4) is 0 Å². The van der Waals surface area contributed by atoms with Crippen molar-refractivity contribution in [1.82, 2.24) is 0 Å². The number of carbonyl (C=O) groups excluding carboxylic acids is 1. The molecule has 0 bridgehead atoms. The largest absolute Gasteiger partial charge is 0.490 e. The number of hydrogen-bond donors (Lipinski definition) is 0. The third-order valence-corrected chi connectivity index (χ3v) is 2.08. The summed E-state index contributed by atoms with van der Waals surface area (Å²) in [5.74, 6) is 0.370. The molecule has 17 heavy (non-hydrogen) atoms. The number of benzene rings is 1. The molecule has 0 aromatic heterocycles. The molecule has 0 spiro atoms. The maximum Gasteiger partial charge on any atom is 0.309 e. The van der Waals surface area contributed by atoms with Crippen LogP contribution in [0.1, 0.15) is 25.8 Å². The molecule has 0 saturated carbocycles. The fourth-order valence-electron chi connectivity index (χ4n) is 1.34. The van der Waals surface area contributed by atoms with Crippen LogP contribution in [-0.2, 0) is 9.53 Å². The zero-order chi connectivity index (χ0) is 12.7. The van der Waals surface area contributed by atoms with Crippen molar-refractivity contribution >= 4 is 5.97 Å². The van der Waals surface area contributed by atoms with Crippen LogP contribution in [0.25, 0.3) is 0 Å². The first-order chi connectivity index (χ1) is 8.15. The molecule has 1 aromatic rings. The Morgan fingerprint density at radius 3 is 2.59 bits per heavy atom. The van der Waals surface area contributed by atoms with Crippen LogP contribution in [-0.4, -0.2) is 18.7 Å². The van der Waals surface area contributed by atoms with Gasteiger partial charge in [0.15, 0.2) is 0 Å². The average molecular weight is 233 g/mol. The van der Waals surface area contributed by atoms with Gasteiger partial charge in [0.25, 0.3) is 0 Å². The van der Waals surface area contributed by atoms with E-state index in [9.17, 15) is 4.79 Å². The molecule has 1 atom stereocenters. The molecule has 1 rings (SSSR count). The maximum atomic E-state index is 11.2. The summed E-state index contributed by atoms with van der Waals surface area (Å²) in [6.07, 6.45) is -0.0320. The van der Waals surface area contributed by atoms with E-state index in [0.717, 1.165) is 0 Å². The van der Waals surface area contributed by atoms with Gasteiger partial charge in [-0.25, -0.2) is 0 Å². The smallest absolute Gasteiger partial charge is 0.309 e. The zero-order valence-corrected chi connectivity index (χ0v) is 9.97. The molecule has 1 aromatic carbocycles. The first kappa shape index (κ1) is 13.0. The number of ether oxygens (including phenoxy) is 2. The Kier molecular flexibility index (Phi) is 5.02. The Labute approximate surface area is 101 Å². The maximum absolute atomic E-state index is 11.2. The van der Waals surface area contributed by atoms with Gasteiger partial charge in [-0.1, -0.05) is 0 Å². The highest BCUT2D eigenvalue weighted by atomic mass is 16.5. The van der Waals surface area contributed by atoms with E-state index in [1.54, 1.807) is 38.1 Å². The third kappa shape index (κ3) is 4.56. The summed E-state index contributed by atoms with van der Waals surface area (Å²) in [5, 5.41) is 8.64. The standard InChI is InChI=1S/C13H15NO3/c1-3-16-13(15)8-10(2)17-12-6-4-11(9-14)5-7-12/h4-7,10H,3,8H2,1-2H3. The Morgan fingerprint density at radius 2 is 2.06 bits per heavy atom. The number of hydrogen-bond acceptors (Lipinski definition) is 4. The molecule has 1 unspecified atom stereocenters. The summed E-state index contributed by atoms with van der Waals surface area (Å²) < 4.78 is 10.3. The average Bonchev–Trinajstić information content (AvgIpc) is 2.30. The molecule has 0 aliphatic heterocycles. The molecule has 0 saturated heterocycles. The van der Waals surface area contributed by atoms with E-state index < -0.39 is 0 Å². The molecule has 0 fully saturated rings. The summed E-state index contributed by atoms with van der Waals surface area (Å²) >= 11 is 0. The van der Waals surface area contributed by atoms with Gasteiger partial charge in [0, 0.05) is 0 Å². The van der Waals surface area contributed by atoms with Gasteiger partial charge in [-0.3, -0.25) is 4.79 Å². The summed E-state index contributed by atoms with van der Waals surface area (Å²) in [7, 11) is 0. The summed E-state index contributed by atoms with van der Waals surface area (Å²) in [6.45, 7) is 3.95. The van der Waals surface area contributed by atoms with Crippen LogP contribution in [0.2, 0.25) is 0 Å². The third-order valence-electron chi connectivity index (χ3n) is 2.08. The van der Waals surface area contributed by atoms with Gasteiger partial charge in [0.2, 0.25) is 0 Å². The molecule has 0 aliphatic carbocycles. The lowest BCUT2D eigenvalue weighted by Gasteiger charge is -2.13. The van der Waals surface area contributed by atoms with Crippen LogP contribution < -0.4 is 4.74 Å². The molecular formula is C13H15NO3. The summed E-state index contributed by atoms with van der Waals surface area (Å²) in [4.78, 5) is 11.2. The zero-order valence-electron chi connectivity index (χ0n) is 9.97. The number of rotatable bonds is 5. The van der Waals surface area contributed by atoms with Crippen molar-refractivity contribution in [1.29, 1.82) is 5.26 Å². The van der Waals surface area contributed by atoms with Gasteiger partial charge in [0.1, 0.15) is 11.9 Å². The highest BCUT2D eigenvalue weighted by Gasteiger charge is 2.11. The van der Waals surface area contributed by atoms with Crippen LogP contribution in [0.15, 0.2) is 24.3 Å². The Hall–Kier alpha value is -2.02. The van der Waals surface area contributed by atoms with E-state index in [4.69, 9.17) is 14.7 Å². The van der Waals surface area contributed by atoms with Gasteiger partial charge in [0.05, 0.1) is 24.7 Å². The van der Waals surface area contributed by atoms with Crippen molar-refractivity contribution in [2.24, 2.45) is 0 Å². The van der Waals surface area contributed by atoms with E-state index in [1.165, 1.54) is 0 Å². The summed E-state index contributed by atoms with van der Waals surface area (Å²) in [5.41, 5.74) is 0.579. The van der Waals surface area contributed by atoms with Gasteiger partial charge in [-0.2, -0.15) is 5.26 Å². The molecular weight excluding hydrogens is 218 g/mol. The topological polar surface area (TPSA) is 59.3 Å². The molecule has 0 heterocycles. The molecule has 4 heteroatoms. The highest BCUT2D eigenvalue weighted by Crippen LogP contribution is 2.14. The predicted molar refractivity (Wildman–Crippen MR) is 62.5 cm³/mol. The quantitative estimate of drug-likeness (QED) is 0.732. The van der Waals surface area contributed by atoms with Gasteiger partial charge < -0.3 is 9.47 Å². The molecule has 0 N–H and O–H groups in total. The van der Waals surface area contributed by atoms with Crippen LogP contribution >= 0.6 is 0 Å². The molecule has 0 radical (unpaired) electrons. The fraction of sp³-hybridized carbons (Fsp3) is 0.385. The second-order valence-corrected chi connectivity index (χ2v) is 3.57. The minimum absolute atomic E-state index is 0.216. The van der Waals surface area contributed by atoms with E-state index in [1.807, 2.05) is 6.07 Å². The lowest BCUT2D eigenvalue weighted by molar-refractivity contribution is -0.144. The van der Waals surface area contributed by atoms with Crippen molar-refractivity contribution in [3.63, 3.8) is 0 Å². The number of nitriles is 1. The van der Waals surface area contributed by atoms with Crippen molar-refractivity contribution in [2.45, 2.75) is 26.4 Å². The Bertz CT molecular complexity index is 406. The van der Waals surface area contributed by atoms with Gasteiger partial charge in [-0.15, -0.1) is 0 Å². The van der Waals surface area contributed by atoms with Crippen molar-refractivity contribution in [3.05, 3.63) is 29.8 Å². The van der Waals surface area contributed by atoms with Gasteiger partial charge in [-0.05, 0) is 38.1 Å². The fourth-order valence-corrected chi connectivity index (χ4v) is 1.34. The molecule has 0 aliphatic rings. The SMILES string of the molecule is CCOC(=O)CC(C)Oc1ccc(C#N)cc1. The minimum atomic E-state index is -0.270. The Morgan fingerprint density at radius 1 is 1.41 bits per heavy atom. The highest BCUT2D eigenvalue weighted by molar-refractivity contribution is 5.69. The van der Waals surface area contributed by atoms with E-state index in [-0.39, 0.29) is 18.5 Å². The van der Waals surface area contributed by atoms with Crippen molar-refractivity contribution < 1.29 is 14.3 Å². The molecule has 90 valence electrons. The van der Waals surface area contributed by atoms with Crippen molar-refractivity contribution in [3.8, 4) is 11.8 Å². The second-order valence-electron chi connectivity index (χ2n) is 3.57. The second kappa shape index (κ2) is 6.54. The lowest BCUT2D eigenvalue weighted by Crippen LogP contribution is -2.18. The van der Waals surface area contributed by atoms with Crippen molar-refractivity contribution in [2.75, 3.05) is 6.61 Å². The van der Waals surface area contributed by atoms with Crippen LogP contribution in [0.5, 0.6) is 5.75 Å². The molecule has 4 nitrogen and oxygen atoms in total. The Balaban J connectivity index is 2.47.